The highest BCUT2D eigenvalue weighted by Gasteiger charge is 2.38. The molecule has 6 heteroatoms. The molecule has 0 unspecified atom stereocenters. The minimum atomic E-state index is -0.622. The van der Waals surface area contributed by atoms with Crippen LogP contribution in [0, 0.1) is 5.92 Å². The Balaban J connectivity index is 1.54. The topological polar surface area (TPSA) is 127 Å². The monoisotopic (exact) mass is 498 g/mol. The van der Waals surface area contributed by atoms with E-state index in [-0.39, 0.29) is 45.1 Å². The standard InChI is InChI=1S/C31H34N2O4/c1-2-3-4-7-17-10-12-18(13-11-17)19-8-5-6-9-20(19)21-16-24(35)27-28(29(21)33)31(37)26-23(34)15-14-22(32)25(26)30(27)36/h5-6,8-9,14-18,34-35H,2-4,7,10-13,32-33H2,1H3/t17-,18-. The van der Waals surface area contributed by atoms with E-state index in [9.17, 15) is 19.8 Å². The number of ketones is 2. The predicted molar refractivity (Wildman–Crippen MR) is 146 cm³/mol. The smallest absolute Gasteiger partial charge is 0.200 e. The van der Waals surface area contributed by atoms with Gasteiger partial charge in [-0.1, -0.05) is 56.9 Å². The fourth-order valence-electron chi connectivity index (χ4n) is 6.25. The lowest BCUT2D eigenvalue weighted by molar-refractivity contribution is 0.0975. The SMILES string of the molecule is CCCCC[C@H]1CC[C@H](c2ccccc2-c2cc(O)c3c(c2N)C(=O)c2c(O)ccc(N)c2C3=O)CC1. The van der Waals surface area contributed by atoms with Gasteiger partial charge in [-0.05, 0) is 66.8 Å². The van der Waals surface area contributed by atoms with Gasteiger partial charge in [0.25, 0.3) is 0 Å². The molecule has 3 aromatic rings. The van der Waals surface area contributed by atoms with Gasteiger partial charge in [0.05, 0.1) is 27.9 Å². The van der Waals surface area contributed by atoms with Crippen LogP contribution < -0.4 is 11.5 Å². The van der Waals surface area contributed by atoms with Crippen molar-refractivity contribution in [2.75, 3.05) is 11.5 Å². The number of hydrogen-bond acceptors (Lipinski definition) is 6. The molecule has 0 radical (unpaired) electrons. The van der Waals surface area contributed by atoms with Crippen LogP contribution in [0.5, 0.6) is 11.5 Å². The van der Waals surface area contributed by atoms with Crippen LogP contribution in [-0.2, 0) is 0 Å². The number of unbranched alkanes of at least 4 members (excludes halogenated alkanes) is 2. The van der Waals surface area contributed by atoms with Gasteiger partial charge in [-0.2, -0.15) is 0 Å². The third-order valence-corrected chi connectivity index (χ3v) is 8.22. The maximum absolute atomic E-state index is 13.6. The van der Waals surface area contributed by atoms with Gasteiger partial charge in [-0.25, -0.2) is 0 Å². The summed E-state index contributed by atoms with van der Waals surface area (Å²) in [6.45, 7) is 2.23. The maximum atomic E-state index is 13.6. The van der Waals surface area contributed by atoms with Crippen LogP contribution >= 0.6 is 0 Å². The fraction of sp³-hybridized carbons (Fsp3) is 0.355. The Kier molecular flexibility index (Phi) is 6.67. The molecule has 5 rings (SSSR count). The molecule has 0 bridgehead atoms. The summed E-state index contributed by atoms with van der Waals surface area (Å²) < 4.78 is 0. The van der Waals surface area contributed by atoms with Crippen LogP contribution in [-0.4, -0.2) is 21.8 Å². The number of phenols is 2. The zero-order valence-corrected chi connectivity index (χ0v) is 21.2. The number of carbonyl (C=O) groups is 2. The van der Waals surface area contributed by atoms with Crippen molar-refractivity contribution < 1.29 is 19.8 Å². The molecule has 37 heavy (non-hydrogen) atoms. The molecule has 1 saturated carbocycles. The average Bonchev–Trinajstić information content (AvgIpc) is 2.90. The van der Waals surface area contributed by atoms with E-state index in [2.05, 4.69) is 13.0 Å². The van der Waals surface area contributed by atoms with E-state index in [0.29, 0.717) is 11.5 Å². The highest BCUT2D eigenvalue weighted by molar-refractivity contribution is 6.34. The Morgan fingerprint density at radius 1 is 0.784 bits per heavy atom. The summed E-state index contributed by atoms with van der Waals surface area (Å²) in [5.74, 6) is -0.763. The van der Waals surface area contributed by atoms with Crippen molar-refractivity contribution in [3.05, 3.63) is 70.3 Å². The van der Waals surface area contributed by atoms with Crippen molar-refractivity contribution in [1.29, 1.82) is 0 Å². The number of nitrogens with two attached hydrogens (primary N) is 2. The number of benzene rings is 3. The molecule has 6 N–H and O–H groups in total. The first-order valence-corrected chi connectivity index (χ1v) is 13.3. The Hall–Kier alpha value is -3.80. The lowest BCUT2D eigenvalue weighted by atomic mass is 9.74. The highest BCUT2D eigenvalue weighted by Crippen LogP contribution is 2.47. The summed E-state index contributed by atoms with van der Waals surface area (Å²) in [6.07, 6.45) is 9.68. The van der Waals surface area contributed by atoms with E-state index in [1.54, 1.807) is 0 Å². The van der Waals surface area contributed by atoms with Crippen LogP contribution in [0.15, 0.2) is 42.5 Å². The Bertz CT molecular complexity index is 1390. The van der Waals surface area contributed by atoms with Crippen LogP contribution in [0.1, 0.15) is 102 Å². The third-order valence-electron chi connectivity index (χ3n) is 8.22. The van der Waals surface area contributed by atoms with Crippen molar-refractivity contribution in [2.24, 2.45) is 5.92 Å². The van der Waals surface area contributed by atoms with E-state index in [0.717, 1.165) is 29.9 Å². The van der Waals surface area contributed by atoms with E-state index in [4.69, 9.17) is 11.5 Å². The van der Waals surface area contributed by atoms with Crippen molar-refractivity contribution >= 4 is 22.9 Å². The molecule has 2 aliphatic carbocycles. The molecule has 0 saturated heterocycles. The summed E-state index contributed by atoms with van der Waals surface area (Å²) in [5.41, 5.74) is 14.8. The summed E-state index contributed by atoms with van der Waals surface area (Å²) >= 11 is 0. The molecule has 0 atom stereocenters. The van der Waals surface area contributed by atoms with Crippen molar-refractivity contribution in [2.45, 2.75) is 64.2 Å². The minimum absolute atomic E-state index is 0.0643. The molecule has 0 spiro atoms. The lowest BCUT2D eigenvalue weighted by Crippen LogP contribution is -2.24. The van der Waals surface area contributed by atoms with Gasteiger partial charge >= 0.3 is 0 Å². The Morgan fingerprint density at radius 3 is 2.19 bits per heavy atom. The van der Waals surface area contributed by atoms with Gasteiger partial charge in [0.15, 0.2) is 0 Å². The lowest BCUT2D eigenvalue weighted by Gasteiger charge is -2.30. The highest BCUT2D eigenvalue weighted by atomic mass is 16.3. The molecule has 0 aliphatic heterocycles. The van der Waals surface area contributed by atoms with Gasteiger partial charge in [0.2, 0.25) is 11.6 Å². The zero-order chi connectivity index (χ0) is 26.3. The van der Waals surface area contributed by atoms with Crippen LogP contribution in [0.25, 0.3) is 11.1 Å². The summed E-state index contributed by atoms with van der Waals surface area (Å²) in [6, 6.07) is 12.1. The third kappa shape index (κ3) is 4.24. The van der Waals surface area contributed by atoms with Gasteiger partial charge in [-0.3, -0.25) is 9.59 Å². The van der Waals surface area contributed by atoms with Crippen LogP contribution in [0.2, 0.25) is 0 Å². The second-order valence-corrected chi connectivity index (χ2v) is 10.5. The summed E-state index contributed by atoms with van der Waals surface area (Å²) in [4.78, 5) is 26.9. The quantitative estimate of drug-likeness (QED) is 0.135. The molecular formula is C31H34N2O4. The number of nitrogen functional groups attached to an aromatic ring is 2. The number of hydrogen-bond donors (Lipinski definition) is 4. The first kappa shape index (κ1) is 24.9. The number of fused-ring (bicyclic) bond motifs is 2. The van der Waals surface area contributed by atoms with E-state index in [1.165, 1.54) is 56.7 Å². The van der Waals surface area contributed by atoms with E-state index < -0.39 is 11.6 Å². The molecule has 2 aliphatic rings. The van der Waals surface area contributed by atoms with Gasteiger partial charge in [0.1, 0.15) is 11.5 Å². The molecule has 0 aromatic heterocycles. The molecule has 0 heterocycles. The number of anilines is 2. The van der Waals surface area contributed by atoms with E-state index >= 15 is 0 Å². The first-order valence-electron chi connectivity index (χ1n) is 13.3. The number of phenolic OH excluding ortho intramolecular Hbond substituents is 2. The predicted octanol–water partition coefficient (Wildman–Crippen LogP) is 6.56. The Labute approximate surface area is 217 Å². The second-order valence-electron chi connectivity index (χ2n) is 10.5. The van der Waals surface area contributed by atoms with Gasteiger partial charge < -0.3 is 21.7 Å². The van der Waals surface area contributed by atoms with Crippen molar-refractivity contribution in [1.82, 2.24) is 0 Å². The summed E-state index contributed by atoms with van der Waals surface area (Å²) in [7, 11) is 0. The Morgan fingerprint density at radius 2 is 1.46 bits per heavy atom. The normalized spacial score (nSPS) is 18.9. The number of aromatic hydroxyl groups is 2. The summed E-state index contributed by atoms with van der Waals surface area (Å²) in [5, 5.41) is 21.4. The van der Waals surface area contributed by atoms with Gasteiger partial charge in [0, 0.05) is 11.3 Å². The molecule has 192 valence electrons. The second kappa shape index (κ2) is 9.92. The molecular weight excluding hydrogens is 464 g/mol. The number of rotatable bonds is 6. The van der Waals surface area contributed by atoms with Crippen molar-refractivity contribution in [3.8, 4) is 22.6 Å². The maximum Gasteiger partial charge on any atom is 0.200 e. The molecule has 0 amide bonds. The van der Waals surface area contributed by atoms with Crippen LogP contribution in [0.3, 0.4) is 0 Å². The molecule has 1 fully saturated rings. The molecule has 6 nitrogen and oxygen atoms in total. The largest absolute Gasteiger partial charge is 0.507 e. The fourth-order valence-corrected chi connectivity index (χ4v) is 6.25. The number of carbonyl (C=O) groups excluding carboxylic acids is 2. The first-order chi connectivity index (χ1) is 17.8. The molecule has 3 aromatic carbocycles. The van der Waals surface area contributed by atoms with E-state index in [1.807, 2.05) is 18.2 Å². The van der Waals surface area contributed by atoms with Crippen molar-refractivity contribution in [3.63, 3.8) is 0 Å². The van der Waals surface area contributed by atoms with Crippen LogP contribution in [0.4, 0.5) is 11.4 Å². The minimum Gasteiger partial charge on any atom is -0.507 e. The van der Waals surface area contributed by atoms with Gasteiger partial charge in [-0.15, -0.1) is 0 Å². The average molecular weight is 499 g/mol. The zero-order valence-electron chi connectivity index (χ0n) is 21.2.